The minimum Gasteiger partial charge on any atom is -0.462 e. The van der Waals surface area contributed by atoms with E-state index < -0.39 is 11.9 Å². The van der Waals surface area contributed by atoms with Crippen molar-refractivity contribution in [3.05, 3.63) is 39.7 Å². The van der Waals surface area contributed by atoms with Gasteiger partial charge in [0.05, 0.1) is 12.2 Å². The molecule has 2 aromatic heterocycles. The molecule has 0 atom stereocenters. The Morgan fingerprint density at radius 2 is 1.96 bits per heavy atom. The third-order valence-electron chi connectivity index (χ3n) is 3.43. The van der Waals surface area contributed by atoms with Crippen molar-refractivity contribution in [1.29, 1.82) is 0 Å². The molecule has 0 aliphatic rings. The Morgan fingerprint density at radius 1 is 1.21 bits per heavy atom. The van der Waals surface area contributed by atoms with Crippen LogP contribution in [-0.4, -0.2) is 25.1 Å². The van der Waals surface area contributed by atoms with Crippen LogP contribution in [0.3, 0.4) is 0 Å². The second-order valence-corrected chi connectivity index (χ2v) is 6.29. The fraction of sp³-hybridized carbons (Fsp3) is 0.412. The van der Waals surface area contributed by atoms with Crippen molar-refractivity contribution in [2.24, 2.45) is 0 Å². The van der Waals surface area contributed by atoms with Crippen molar-refractivity contribution in [3.8, 4) is 0 Å². The molecule has 24 heavy (non-hydrogen) atoms. The fourth-order valence-corrected chi connectivity index (χ4v) is 3.15. The molecule has 0 spiro atoms. The number of thiophene rings is 1. The fourth-order valence-electron chi connectivity index (χ4n) is 2.11. The first-order valence-electron chi connectivity index (χ1n) is 7.72. The predicted molar refractivity (Wildman–Crippen MR) is 91.7 cm³/mol. The standard InChI is InChI=1S/C17H21NO5S/c1-5-21-9-12-7-8-13(23-12)15(19)18-16-14(17(20)22-6-2)10(3)11(4)24-16/h7-8H,5-6,9H2,1-4H3,(H,18,19). The molecule has 2 heterocycles. The number of hydrogen-bond acceptors (Lipinski definition) is 6. The van der Waals surface area contributed by atoms with Crippen LogP contribution in [-0.2, 0) is 16.1 Å². The highest BCUT2D eigenvalue weighted by Crippen LogP contribution is 2.33. The third kappa shape index (κ3) is 4.04. The average molecular weight is 351 g/mol. The van der Waals surface area contributed by atoms with E-state index >= 15 is 0 Å². The molecule has 1 N–H and O–H groups in total. The molecule has 0 fully saturated rings. The predicted octanol–water partition coefficient (Wildman–Crippen LogP) is 3.92. The summed E-state index contributed by atoms with van der Waals surface area (Å²) in [5.41, 5.74) is 1.21. The maximum Gasteiger partial charge on any atom is 0.341 e. The topological polar surface area (TPSA) is 77.8 Å². The van der Waals surface area contributed by atoms with Crippen LogP contribution in [0, 0.1) is 13.8 Å². The van der Waals surface area contributed by atoms with Gasteiger partial charge < -0.3 is 19.2 Å². The van der Waals surface area contributed by atoms with Gasteiger partial charge in [-0.05, 0) is 45.4 Å². The number of nitrogens with one attached hydrogen (secondary N) is 1. The number of amides is 1. The maximum absolute atomic E-state index is 12.4. The Labute approximate surface area is 144 Å². The van der Waals surface area contributed by atoms with E-state index in [1.807, 2.05) is 20.8 Å². The van der Waals surface area contributed by atoms with Crippen molar-refractivity contribution < 1.29 is 23.5 Å². The van der Waals surface area contributed by atoms with Gasteiger partial charge in [0.15, 0.2) is 5.76 Å². The van der Waals surface area contributed by atoms with E-state index in [2.05, 4.69) is 5.32 Å². The molecule has 0 aliphatic carbocycles. The Bertz CT molecular complexity index is 731. The van der Waals surface area contributed by atoms with Crippen molar-refractivity contribution >= 4 is 28.2 Å². The van der Waals surface area contributed by atoms with E-state index in [-0.39, 0.29) is 12.4 Å². The molecule has 2 rings (SSSR count). The van der Waals surface area contributed by atoms with Crippen molar-refractivity contribution in [2.45, 2.75) is 34.3 Å². The lowest BCUT2D eigenvalue weighted by Crippen LogP contribution is -2.14. The van der Waals surface area contributed by atoms with Gasteiger partial charge in [-0.1, -0.05) is 0 Å². The molecule has 0 unspecified atom stereocenters. The molecule has 2 aromatic rings. The van der Waals surface area contributed by atoms with Gasteiger partial charge in [0.25, 0.3) is 5.91 Å². The summed E-state index contributed by atoms with van der Waals surface area (Å²) in [6, 6.07) is 3.28. The zero-order valence-corrected chi connectivity index (χ0v) is 15.0. The van der Waals surface area contributed by atoms with E-state index in [4.69, 9.17) is 13.9 Å². The zero-order chi connectivity index (χ0) is 17.7. The summed E-state index contributed by atoms with van der Waals surface area (Å²) in [7, 11) is 0. The molecular weight excluding hydrogens is 330 g/mol. The molecule has 7 heteroatoms. The van der Waals surface area contributed by atoms with Gasteiger partial charge >= 0.3 is 5.97 Å². The first kappa shape index (κ1) is 18.2. The van der Waals surface area contributed by atoms with E-state index in [9.17, 15) is 9.59 Å². The molecule has 130 valence electrons. The second-order valence-electron chi connectivity index (χ2n) is 5.07. The Hall–Kier alpha value is -2.12. The summed E-state index contributed by atoms with van der Waals surface area (Å²) in [5, 5.41) is 3.21. The molecule has 0 aromatic carbocycles. The van der Waals surface area contributed by atoms with E-state index in [1.54, 1.807) is 19.1 Å². The van der Waals surface area contributed by atoms with Crippen molar-refractivity contribution in [2.75, 3.05) is 18.5 Å². The molecule has 0 aliphatic heterocycles. The number of carbonyl (C=O) groups is 2. The monoisotopic (exact) mass is 351 g/mol. The summed E-state index contributed by atoms with van der Waals surface area (Å²) in [6.45, 7) is 8.52. The number of hydrogen-bond donors (Lipinski definition) is 1. The van der Waals surface area contributed by atoms with Gasteiger partial charge in [-0.3, -0.25) is 4.79 Å². The normalized spacial score (nSPS) is 10.7. The van der Waals surface area contributed by atoms with Crippen LogP contribution >= 0.6 is 11.3 Å². The summed E-state index contributed by atoms with van der Waals surface area (Å²) >= 11 is 1.34. The van der Waals surface area contributed by atoms with Crippen LogP contribution in [0.5, 0.6) is 0 Å². The third-order valence-corrected chi connectivity index (χ3v) is 4.55. The van der Waals surface area contributed by atoms with Gasteiger partial charge in [-0.2, -0.15) is 0 Å². The highest BCUT2D eigenvalue weighted by Gasteiger charge is 2.23. The Balaban J connectivity index is 2.18. The molecule has 0 radical (unpaired) electrons. The molecule has 0 saturated carbocycles. The Morgan fingerprint density at radius 3 is 2.62 bits per heavy atom. The van der Waals surface area contributed by atoms with Crippen LogP contribution in [0.4, 0.5) is 5.00 Å². The minimum atomic E-state index is -0.439. The first-order chi connectivity index (χ1) is 11.5. The lowest BCUT2D eigenvalue weighted by Gasteiger charge is -2.06. The summed E-state index contributed by atoms with van der Waals surface area (Å²) in [5.74, 6) is -0.106. The van der Waals surface area contributed by atoms with Crippen LogP contribution in [0.1, 0.15) is 51.0 Å². The average Bonchev–Trinajstić information content (AvgIpc) is 3.11. The lowest BCUT2D eigenvalue weighted by molar-refractivity contribution is 0.0527. The molecular formula is C17H21NO5S. The van der Waals surface area contributed by atoms with Crippen molar-refractivity contribution in [1.82, 2.24) is 0 Å². The number of furan rings is 1. The Kier molecular flexibility index (Phi) is 6.16. The van der Waals surface area contributed by atoms with Crippen LogP contribution in [0.2, 0.25) is 0 Å². The van der Waals surface area contributed by atoms with Gasteiger partial charge in [-0.15, -0.1) is 11.3 Å². The van der Waals surface area contributed by atoms with E-state index in [0.29, 0.717) is 29.5 Å². The van der Waals surface area contributed by atoms with E-state index in [0.717, 1.165) is 10.4 Å². The lowest BCUT2D eigenvalue weighted by atomic mass is 10.1. The highest BCUT2D eigenvalue weighted by molar-refractivity contribution is 7.16. The number of anilines is 1. The summed E-state index contributed by atoms with van der Waals surface area (Å²) in [4.78, 5) is 25.4. The SMILES string of the molecule is CCOCc1ccc(C(=O)Nc2sc(C)c(C)c2C(=O)OCC)o1. The zero-order valence-electron chi connectivity index (χ0n) is 14.2. The number of esters is 1. The summed E-state index contributed by atoms with van der Waals surface area (Å²) < 4.78 is 15.8. The minimum absolute atomic E-state index is 0.170. The van der Waals surface area contributed by atoms with Crippen LogP contribution in [0.15, 0.2) is 16.5 Å². The highest BCUT2D eigenvalue weighted by atomic mass is 32.1. The van der Waals surface area contributed by atoms with E-state index in [1.165, 1.54) is 11.3 Å². The van der Waals surface area contributed by atoms with Crippen LogP contribution in [0.25, 0.3) is 0 Å². The molecule has 0 bridgehead atoms. The van der Waals surface area contributed by atoms with Gasteiger partial charge in [-0.25, -0.2) is 4.79 Å². The number of carbonyl (C=O) groups excluding carboxylic acids is 2. The number of aryl methyl sites for hydroxylation is 1. The first-order valence-corrected chi connectivity index (χ1v) is 8.54. The molecule has 6 nitrogen and oxygen atoms in total. The maximum atomic E-state index is 12.4. The molecule has 1 amide bonds. The van der Waals surface area contributed by atoms with Gasteiger partial charge in [0.2, 0.25) is 0 Å². The smallest absolute Gasteiger partial charge is 0.341 e. The molecule has 0 saturated heterocycles. The number of rotatable bonds is 7. The largest absolute Gasteiger partial charge is 0.462 e. The van der Waals surface area contributed by atoms with Crippen molar-refractivity contribution in [3.63, 3.8) is 0 Å². The summed E-state index contributed by atoms with van der Waals surface area (Å²) in [6.07, 6.45) is 0. The second kappa shape index (κ2) is 8.12. The quantitative estimate of drug-likeness (QED) is 0.765. The van der Waals surface area contributed by atoms with Gasteiger partial charge in [0, 0.05) is 11.5 Å². The number of ether oxygens (including phenoxy) is 2. The van der Waals surface area contributed by atoms with Gasteiger partial charge in [0.1, 0.15) is 17.4 Å². The van der Waals surface area contributed by atoms with Crippen LogP contribution < -0.4 is 5.32 Å².